The molecule has 7 heteroatoms. The molecule has 0 unspecified atom stereocenters. The molecule has 0 atom stereocenters. The van der Waals surface area contributed by atoms with Crippen LogP contribution in [0.1, 0.15) is 6.42 Å². The largest absolute Gasteiger partial charge is 0.463 e. The minimum absolute atomic E-state index is 0.217. The number of methoxy groups -OCH3 is 3. The van der Waals surface area contributed by atoms with Crippen molar-refractivity contribution in [2.24, 2.45) is 0 Å². The average molecular weight is 307 g/mol. The highest BCUT2D eigenvalue weighted by Gasteiger charge is 2.09. The summed E-state index contributed by atoms with van der Waals surface area (Å²) in [5.74, 6) is -0.217. The maximum atomic E-state index is 11.6. The van der Waals surface area contributed by atoms with Crippen molar-refractivity contribution in [1.82, 2.24) is 4.90 Å². The number of ether oxygens (including phenoxy) is 5. The van der Waals surface area contributed by atoms with Gasteiger partial charge in [-0.1, -0.05) is 0 Å². The third-order valence-corrected chi connectivity index (χ3v) is 2.78. The Morgan fingerprint density at radius 1 is 0.762 bits per heavy atom. The van der Waals surface area contributed by atoms with Crippen LogP contribution in [-0.4, -0.2) is 91.5 Å². The van der Waals surface area contributed by atoms with Gasteiger partial charge >= 0.3 is 5.97 Å². The molecule has 0 aromatic carbocycles. The monoisotopic (exact) mass is 307 g/mol. The zero-order valence-electron chi connectivity index (χ0n) is 13.5. The summed E-state index contributed by atoms with van der Waals surface area (Å²) in [6.07, 6.45) is 0.353. The van der Waals surface area contributed by atoms with Crippen LogP contribution in [0.4, 0.5) is 0 Å². The summed E-state index contributed by atoms with van der Waals surface area (Å²) in [7, 11) is 4.93. The van der Waals surface area contributed by atoms with Crippen molar-refractivity contribution >= 4 is 5.97 Å². The van der Waals surface area contributed by atoms with E-state index < -0.39 is 0 Å². The summed E-state index contributed by atoms with van der Waals surface area (Å²) in [6, 6.07) is 0. The van der Waals surface area contributed by atoms with Crippen molar-refractivity contribution in [3.8, 4) is 0 Å². The highest BCUT2D eigenvalue weighted by atomic mass is 16.6. The maximum absolute atomic E-state index is 11.6. The van der Waals surface area contributed by atoms with Gasteiger partial charge in [-0.3, -0.25) is 9.69 Å². The molecule has 0 radical (unpaired) electrons. The van der Waals surface area contributed by atoms with Gasteiger partial charge in [0.05, 0.1) is 39.5 Å². The SMILES string of the molecule is COCCOCCOC(=O)CCN(CCOC)CCOC. The van der Waals surface area contributed by atoms with E-state index in [0.717, 1.165) is 13.1 Å². The van der Waals surface area contributed by atoms with Gasteiger partial charge in [-0.2, -0.15) is 0 Å². The normalized spacial score (nSPS) is 11.0. The Hall–Kier alpha value is -0.730. The van der Waals surface area contributed by atoms with Crippen LogP contribution in [-0.2, 0) is 28.5 Å². The summed E-state index contributed by atoms with van der Waals surface area (Å²) in [4.78, 5) is 13.7. The van der Waals surface area contributed by atoms with Crippen LogP contribution in [0.5, 0.6) is 0 Å². The van der Waals surface area contributed by atoms with E-state index >= 15 is 0 Å². The summed E-state index contributed by atoms with van der Waals surface area (Å²) in [5.41, 5.74) is 0. The van der Waals surface area contributed by atoms with Crippen LogP contribution >= 0.6 is 0 Å². The second-order valence-electron chi connectivity index (χ2n) is 4.40. The summed E-state index contributed by atoms with van der Waals surface area (Å²) >= 11 is 0. The summed E-state index contributed by atoms with van der Waals surface area (Å²) in [5, 5.41) is 0. The van der Waals surface area contributed by atoms with Crippen molar-refractivity contribution in [3.63, 3.8) is 0 Å². The molecule has 0 aromatic heterocycles. The van der Waals surface area contributed by atoms with Crippen LogP contribution in [0.2, 0.25) is 0 Å². The van der Waals surface area contributed by atoms with Gasteiger partial charge < -0.3 is 23.7 Å². The van der Waals surface area contributed by atoms with Gasteiger partial charge in [0.2, 0.25) is 0 Å². The number of carbonyl (C=O) groups is 1. The number of carbonyl (C=O) groups excluding carboxylic acids is 1. The van der Waals surface area contributed by atoms with Gasteiger partial charge in [0.1, 0.15) is 6.61 Å². The molecule has 0 fully saturated rings. The Kier molecular flexibility index (Phi) is 15.1. The quantitative estimate of drug-likeness (QED) is 0.316. The molecule has 0 aliphatic carbocycles. The zero-order valence-corrected chi connectivity index (χ0v) is 13.5. The molecular formula is C14H29NO6. The van der Waals surface area contributed by atoms with Crippen LogP contribution < -0.4 is 0 Å². The molecule has 0 saturated carbocycles. The van der Waals surface area contributed by atoms with E-state index in [2.05, 4.69) is 4.90 Å². The average Bonchev–Trinajstić information content (AvgIpc) is 2.50. The minimum Gasteiger partial charge on any atom is -0.463 e. The molecular weight excluding hydrogens is 278 g/mol. The van der Waals surface area contributed by atoms with Gasteiger partial charge in [-0.15, -0.1) is 0 Å². The molecule has 0 aliphatic rings. The van der Waals surface area contributed by atoms with Gasteiger partial charge in [0, 0.05) is 41.0 Å². The van der Waals surface area contributed by atoms with E-state index in [4.69, 9.17) is 23.7 Å². The second-order valence-corrected chi connectivity index (χ2v) is 4.40. The first-order chi connectivity index (χ1) is 10.2. The van der Waals surface area contributed by atoms with Gasteiger partial charge in [-0.25, -0.2) is 0 Å². The Morgan fingerprint density at radius 2 is 1.33 bits per heavy atom. The molecule has 0 rings (SSSR count). The third-order valence-electron chi connectivity index (χ3n) is 2.78. The van der Waals surface area contributed by atoms with Crippen molar-refractivity contribution in [2.75, 3.05) is 80.6 Å². The molecule has 0 amide bonds. The number of hydrogen-bond donors (Lipinski definition) is 0. The minimum atomic E-state index is -0.217. The number of nitrogens with zero attached hydrogens (tertiary/aromatic N) is 1. The second kappa shape index (κ2) is 15.7. The van der Waals surface area contributed by atoms with Crippen LogP contribution in [0.25, 0.3) is 0 Å². The van der Waals surface area contributed by atoms with E-state index in [9.17, 15) is 4.79 Å². The van der Waals surface area contributed by atoms with E-state index in [1.54, 1.807) is 21.3 Å². The van der Waals surface area contributed by atoms with Crippen molar-refractivity contribution < 1.29 is 28.5 Å². The Bertz CT molecular complexity index is 232. The summed E-state index contributed by atoms with van der Waals surface area (Å²) in [6.45, 7) is 5.16. The van der Waals surface area contributed by atoms with E-state index in [0.29, 0.717) is 46.0 Å². The highest BCUT2D eigenvalue weighted by molar-refractivity contribution is 5.69. The molecule has 0 spiro atoms. The first-order valence-corrected chi connectivity index (χ1v) is 7.17. The Morgan fingerprint density at radius 3 is 1.90 bits per heavy atom. The fraction of sp³-hybridized carbons (Fsp3) is 0.929. The maximum Gasteiger partial charge on any atom is 0.307 e. The first-order valence-electron chi connectivity index (χ1n) is 7.17. The zero-order chi connectivity index (χ0) is 15.8. The van der Waals surface area contributed by atoms with Crippen LogP contribution in [0.15, 0.2) is 0 Å². The smallest absolute Gasteiger partial charge is 0.307 e. The molecule has 7 nitrogen and oxygen atoms in total. The Labute approximate surface area is 127 Å². The lowest BCUT2D eigenvalue weighted by Gasteiger charge is -2.20. The first kappa shape index (κ1) is 20.3. The number of esters is 1. The third kappa shape index (κ3) is 14.0. The molecule has 0 aliphatic heterocycles. The summed E-state index contributed by atoms with van der Waals surface area (Å²) < 4.78 is 25.2. The molecule has 0 heterocycles. The fourth-order valence-corrected chi connectivity index (χ4v) is 1.56. The predicted molar refractivity (Wildman–Crippen MR) is 78.5 cm³/mol. The van der Waals surface area contributed by atoms with Crippen LogP contribution in [0, 0.1) is 0 Å². The van der Waals surface area contributed by atoms with E-state index in [1.165, 1.54) is 0 Å². The predicted octanol–water partition coefficient (Wildman–Crippen LogP) is 0.178. The van der Waals surface area contributed by atoms with Crippen molar-refractivity contribution in [1.29, 1.82) is 0 Å². The fourth-order valence-electron chi connectivity index (χ4n) is 1.56. The van der Waals surface area contributed by atoms with Gasteiger partial charge in [-0.05, 0) is 0 Å². The highest BCUT2D eigenvalue weighted by Crippen LogP contribution is 1.95. The van der Waals surface area contributed by atoms with Gasteiger partial charge in [0.25, 0.3) is 0 Å². The molecule has 0 N–H and O–H groups in total. The van der Waals surface area contributed by atoms with Crippen molar-refractivity contribution in [3.05, 3.63) is 0 Å². The molecule has 0 aromatic rings. The molecule has 0 bridgehead atoms. The lowest BCUT2D eigenvalue weighted by atomic mass is 10.3. The van der Waals surface area contributed by atoms with E-state index in [-0.39, 0.29) is 12.6 Å². The topological polar surface area (TPSA) is 66.5 Å². The Balaban J connectivity index is 3.65. The van der Waals surface area contributed by atoms with Crippen LogP contribution in [0.3, 0.4) is 0 Å². The lowest BCUT2D eigenvalue weighted by molar-refractivity contribution is -0.145. The molecule has 126 valence electrons. The van der Waals surface area contributed by atoms with Crippen molar-refractivity contribution in [2.45, 2.75) is 6.42 Å². The lowest BCUT2D eigenvalue weighted by Crippen LogP contribution is -2.33. The number of rotatable bonds is 15. The molecule has 21 heavy (non-hydrogen) atoms. The van der Waals surface area contributed by atoms with E-state index in [1.807, 2.05) is 0 Å². The van der Waals surface area contributed by atoms with Gasteiger partial charge in [0.15, 0.2) is 0 Å². The molecule has 0 saturated heterocycles. The standard InChI is InChI=1S/C14H29NO6/c1-17-8-6-15(7-9-18-2)5-4-14(16)21-13-12-20-11-10-19-3/h4-13H2,1-3H3. The number of hydrogen-bond acceptors (Lipinski definition) is 7.